The molecule has 0 radical (unpaired) electrons. The van der Waals surface area contributed by atoms with Gasteiger partial charge in [0.2, 0.25) is 0 Å². The molecule has 0 aliphatic heterocycles. The van der Waals surface area contributed by atoms with Crippen LogP contribution in [0.15, 0.2) is 24.8 Å². The molecule has 3 heteroatoms. The van der Waals surface area contributed by atoms with Gasteiger partial charge in [0.25, 0.3) is 0 Å². The Morgan fingerprint density at radius 2 is 2.18 bits per heavy atom. The van der Waals surface area contributed by atoms with Gasteiger partial charge in [-0.05, 0) is 0 Å². The zero-order valence-corrected chi connectivity index (χ0v) is 6.37. The molecular formula is C8H10O3. The Balaban J connectivity index is 3.61. The zero-order chi connectivity index (χ0) is 8.69. The van der Waals surface area contributed by atoms with Crippen LogP contribution in [0.3, 0.4) is 0 Å². The first kappa shape index (κ1) is 9.62. The van der Waals surface area contributed by atoms with Crippen LogP contribution in [-0.4, -0.2) is 11.9 Å². The van der Waals surface area contributed by atoms with Gasteiger partial charge in [-0.3, -0.25) is 9.59 Å². The molecule has 11 heavy (non-hydrogen) atoms. The standard InChI is InChI=1S/C8H10O3/c1-3-4-5-6-8(10)11-7(2)9/h3-5H,1,6H2,2H3. The number of hydrogen-bond acceptors (Lipinski definition) is 3. The van der Waals surface area contributed by atoms with Crippen LogP contribution in [0.4, 0.5) is 0 Å². The first-order valence-corrected chi connectivity index (χ1v) is 3.15. The molecule has 0 aromatic carbocycles. The highest BCUT2D eigenvalue weighted by Gasteiger charge is 2.01. The predicted octanol–water partition coefficient (Wildman–Crippen LogP) is 1.21. The third kappa shape index (κ3) is 6.51. The average molecular weight is 154 g/mol. The summed E-state index contributed by atoms with van der Waals surface area (Å²) < 4.78 is 4.23. The van der Waals surface area contributed by atoms with Crippen molar-refractivity contribution < 1.29 is 14.3 Å². The molecule has 0 heterocycles. The number of hydrogen-bond donors (Lipinski definition) is 0. The zero-order valence-electron chi connectivity index (χ0n) is 6.37. The van der Waals surface area contributed by atoms with Crippen LogP contribution < -0.4 is 0 Å². The molecule has 0 aliphatic carbocycles. The van der Waals surface area contributed by atoms with Crippen molar-refractivity contribution in [1.29, 1.82) is 0 Å². The van der Waals surface area contributed by atoms with E-state index in [0.29, 0.717) is 0 Å². The summed E-state index contributed by atoms with van der Waals surface area (Å²) in [7, 11) is 0. The summed E-state index contributed by atoms with van der Waals surface area (Å²) in [5, 5.41) is 0. The average Bonchev–Trinajstić information content (AvgIpc) is 1.86. The molecule has 0 saturated heterocycles. The second-order valence-corrected chi connectivity index (χ2v) is 1.83. The maximum atomic E-state index is 10.6. The molecule has 0 aromatic rings. The van der Waals surface area contributed by atoms with Crippen molar-refractivity contribution >= 4 is 11.9 Å². The van der Waals surface area contributed by atoms with Gasteiger partial charge < -0.3 is 4.74 Å². The summed E-state index contributed by atoms with van der Waals surface area (Å²) in [6, 6.07) is 0. The minimum absolute atomic E-state index is 0.103. The third-order valence-corrected chi connectivity index (χ3v) is 0.814. The number of rotatable bonds is 3. The molecule has 0 aromatic heterocycles. The summed E-state index contributed by atoms with van der Waals surface area (Å²) >= 11 is 0. The normalized spacial score (nSPS) is 9.55. The van der Waals surface area contributed by atoms with Crippen LogP contribution in [-0.2, 0) is 14.3 Å². The van der Waals surface area contributed by atoms with Crippen LogP contribution in [0.5, 0.6) is 0 Å². The van der Waals surface area contributed by atoms with Gasteiger partial charge in [0.15, 0.2) is 0 Å². The van der Waals surface area contributed by atoms with Gasteiger partial charge in [-0.2, -0.15) is 0 Å². The van der Waals surface area contributed by atoms with Crippen molar-refractivity contribution in [2.45, 2.75) is 13.3 Å². The second kappa shape index (κ2) is 5.41. The molecule has 0 spiro atoms. The number of carbonyl (C=O) groups is 2. The summed E-state index contributed by atoms with van der Waals surface area (Å²) in [5.41, 5.74) is 0. The van der Waals surface area contributed by atoms with Crippen LogP contribution in [0.25, 0.3) is 0 Å². The molecule has 0 fully saturated rings. The molecule has 0 bridgehead atoms. The van der Waals surface area contributed by atoms with E-state index >= 15 is 0 Å². The van der Waals surface area contributed by atoms with Gasteiger partial charge >= 0.3 is 11.9 Å². The second-order valence-electron chi connectivity index (χ2n) is 1.83. The maximum Gasteiger partial charge on any atom is 0.317 e. The summed E-state index contributed by atoms with van der Waals surface area (Å²) in [6.45, 7) is 4.60. The Morgan fingerprint density at radius 1 is 1.55 bits per heavy atom. The van der Waals surface area contributed by atoms with Gasteiger partial charge in [-0.15, -0.1) is 0 Å². The molecule has 0 aliphatic rings. The molecule has 0 N–H and O–H groups in total. The Labute approximate surface area is 65.4 Å². The SMILES string of the molecule is C=CC=CCC(=O)OC(C)=O. The predicted molar refractivity (Wildman–Crippen MR) is 40.7 cm³/mol. The summed E-state index contributed by atoms with van der Waals surface area (Å²) in [5.74, 6) is -1.13. The fourth-order valence-electron chi connectivity index (χ4n) is 0.462. The lowest BCUT2D eigenvalue weighted by Gasteiger charge is -1.93. The Morgan fingerprint density at radius 3 is 2.64 bits per heavy atom. The van der Waals surface area contributed by atoms with Crippen molar-refractivity contribution in [3.8, 4) is 0 Å². The molecule has 0 unspecified atom stereocenters. The van der Waals surface area contributed by atoms with E-state index < -0.39 is 11.9 Å². The van der Waals surface area contributed by atoms with E-state index in [0.717, 1.165) is 0 Å². The molecule has 60 valence electrons. The largest absolute Gasteiger partial charge is 0.393 e. The van der Waals surface area contributed by atoms with E-state index in [1.54, 1.807) is 18.2 Å². The van der Waals surface area contributed by atoms with Crippen molar-refractivity contribution in [2.75, 3.05) is 0 Å². The lowest BCUT2D eigenvalue weighted by Crippen LogP contribution is -2.07. The first-order chi connectivity index (χ1) is 5.16. The van der Waals surface area contributed by atoms with Crippen LogP contribution >= 0.6 is 0 Å². The molecule has 3 nitrogen and oxygen atoms in total. The number of carbonyl (C=O) groups excluding carboxylic acids is 2. The van der Waals surface area contributed by atoms with Crippen molar-refractivity contribution in [3.05, 3.63) is 24.8 Å². The lowest BCUT2D eigenvalue weighted by atomic mass is 10.4. The van der Waals surface area contributed by atoms with E-state index in [2.05, 4.69) is 11.3 Å². The van der Waals surface area contributed by atoms with Crippen LogP contribution in [0, 0.1) is 0 Å². The van der Waals surface area contributed by atoms with E-state index in [4.69, 9.17) is 0 Å². The van der Waals surface area contributed by atoms with E-state index in [1.807, 2.05) is 0 Å². The van der Waals surface area contributed by atoms with Gasteiger partial charge in [0.05, 0.1) is 6.42 Å². The maximum absolute atomic E-state index is 10.6. The minimum atomic E-state index is -0.581. The summed E-state index contributed by atoms with van der Waals surface area (Å²) in [6.07, 6.45) is 4.83. The number of esters is 2. The van der Waals surface area contributed by atoms with E-state index in [9.17, 15) is 9.59 Å². The van der Waals surface area contributed by atoms with Crippen molar-refractivity contribution in [3.63, 3.8) is 0 Å². The van der Waals surface area contributed by atoms with Gasteiger partial charge in [-0.25, -0.2) is 0 Å². The number of allylic oxidation sites excluding steroid dienone is 2. The topological polar surface area (TPSA) is 43.4 Å². The first-order valence-electron chi connectivity index (χ1n) is 3.15. The molecule has 0 rings (SSSR count). The molecular weight excluding hydrogens is 144 g/mol. The fourth-order valence-corrected chi connectivity index (χ4v) is 0.462. The highest BCUT2D eigenvalue weighted by molar-refractivity contribution is 5.84. The van der Waals surface area contributed by atoms with Gasteiger partial charge in [0.1, 0.15) is 0 Å². The Hall–Kier alpha value is -1.38. The lowest BCUT2D eigenvalue weighted by molar-refractivity contribution is -0.157. The van der Waals surface area contributed by atoms with Gasteiger partial charge in [0, 0.05) is 6.92 Å². The highest BCUT2D eigenvalue weighted by Crippen LogP contribution is 1.89. The smallest absolute Gasteiger partial charge is 0.317 e. The minimum Gasteiger partial charge on any atom is -0.393 e. The van der Waals surface area contributed by atoms with Crippen molar-refractivity contribution in [2.24, 2.45) is 0 Å². The Bertz CT molecular complexity index is 192. The molecule has 0 amide bonds. The molecule has 0 saturated carbocycles. The highest BCUT2D eigenvalue weighted by atomic mass is 16.6. The molecule has 0 atom stereocenters. The van der Waals surface area contributed by atoms with Crippen LogP contribution in [0.2, 0.25) is 0 Å². The van der Waals surface area contributed by atoms with Crippen LogP contribution in [0.1, 0.15) is 13.3 Å². The Kier molecular flexibility index (Phi) is 4.73. The van der Waals surface area contributed by atoms with E-state index in [1.165, 1.54) is 6.92 Å². The van der Waals surface area contributed by atoms with Gasteiger partial charge in [-0.1, -0.05) is 24.8 Å². The quantitative estimate of drug-likeness (QED) is 0.348. The number of ether oxygens (including phenoxy) is 1. The van der Waals surface area contributed by atoms with E-state index in [-0.39, 0.29) is 6.42 Å². The summed E-state index contributed by atoms with van der Waals surface area (Å²) in [4.78, 5) is 20.8. The monoisotopic (exact) mass is 154 g/mol. The van der Waals surface area contributed by atoms with Crippen molar-refractivity contribution in [1.82, 2.24) is 0 Å². The fraction of sp³-hybridized carbons (Fsp3) is 0.250. The third-order valence-electron chi connectivity index (χ3n) is 0.814.